The van der Waals surface area contributed by atoms with E-state index in [0.717, 1.165) is 4.90 Å². The summed E-state index contributed by atoms with van der Waals surface area (Å²) in [5.41, 5.74) is 1.04. The third-order valence-corrected chi connectivity index (χ3v) is 4.67. The summed E-state index contributed by atoms with van der Waals surface area (Å²) in [6, 6.07) is 16.5. The Kier molecular flexibility index (Phi) is 4.37. The molecule has 27 heavy (non-hydrogen) atoms. The number of benzene rings is 2. The molecular weight excluding hydrogens is 348 g/mol. The van der Waals surface area contributed by atoms with Crippen molar-refractivity contribution in [2.75, 3.05) is 16.6 Å². The molecule has 0 N–H and O–H groups in total. The quantitative estimate of drug-likeness (QED) is 0.608. The fourth-order valence-electron chi connectivity index (χ4n) is 3.51. The van der Waals surface area contributed by atoms with E-state index in [2.05, 4.69) is 0 Å². The van der Waals surface area contributed by atoms with Gasteiger partial charge in [-0.05, 0) is 31.2 Å². The predicted molar refractivity (Wildman–Crippen MR) is 96.6 cm³/mol. The minimum Gasteiger partial charge on any atom is -0.464 e. The molecule has 0 unspecified atom stereocenters. The van der Waals surface area contributed by atoms with Gasteiger partial charge in [0.15, 0.2) is 12.1 Å². The molecule has 138 valence electrons. The van der Waals surface area contributed by atoms with E-state index in [0.29, 0.717) is 11.4 Å². The van der Waals surface area contributed by atoms with E-state index in [-0.39, 0.29) is 6.61 Å². The first-order valence-corrected chi connectivity index (χ1v) is 8.74. The van der Waals surface area contributed by atoms with Crippen LogP contribution in [0.5, 0.6) is 0 Å². The molecule has 3 atom stereocenters. The second-order valence-electron chi connectivity index (χ2n) is 6.26. The smallest absolute Gasteiger partial charge is 0.332 e. The molecule has 0 radical (unpaired) electrons. The van der Waals surface area contributed by atoms with Crippen LogP contribution in [0.15, 0.2) is 60.7 Å². The molecule has 2 fully saturated rings. The molecule has 2 aromatic carbocycles. The van der Waals surface area contributed by atoms with Gasteiger partial charge in [-0.1, -0.05) is 36.4 Å². The number of carbonyl (C=O) groups excluding carboxylic acids is 3. The Labute approximate surface area is 156 Å². The lowest BCUT2D eigenvalue weighted by Crippen LogP contribution is -2.45. The highest BCUT2D eigenvalue weighted by Crippen LogP contribution is 2.40. The third-order valence-electron chi connectivity index (χ3n) is 4.67. The second kappa shape index (κ2) is 6.85. The first-order valence-electron chi connectivity index (χ1n) is 8.74. The molecule has 4 rings (SSSR count). The van der Waals surface area contributed by atoms with Crippen LogP contribution in [0.25, 0.3) is 0 Å². The number of nitrogens with zero attached hydrogens (tertiary/aromatic N) is 2. The van der Waals surface area contributed by atoms with Crippen molar-refractivity contribution in [1.29, 1.82) is 0 Å². The van der Waals surface area contributed by atoms with Crippen molar-refractivity contribution in [3.63, 3.8) is 0 Å². The highest BCUT2D eigenvalue weighted by molar-refractivity contribution is 6.24. The Morgan fingerprint density at radius 1 is 0.963 bits per heavy atom. The van der Waals surface area contributed by atoms with Crippen molar-refractivity contribution < 1.29 is 24.0 Å². The Balaban J connectivity index is 1.72. The van der Waals surface area contributed by atoms with Crippen LogP contribution in [-0.2, 0) is 24.0 Å². The van der Waals surface area contributed by atoms with Crippen LogP contribution in [0.4, 0.5) is 11.4 Å². The van der Waals surface area contributed by atoms with Gasteiger partial charge < -0.3 is 4.74 Å². The number of amides is 2. The lowest BCUT2D eigenvalue weighted by molar-refractivity contribution is -0.147. The maximum absolute atomic E-state index is 13.1. The number of rotatable bonds is 4. The normalized spacial score (nSPS) is 24.3. The van der Waals surface area contributed by atoms with Gasteiger partial charge in [0.05, 0.1) is 18.0 Å². The third kappa shape index (κ3) is 2.76. The Bertz CT molecular complexity index is 870. The second-order valence-corrected chi connectivity index (χ2v) is 6.26. The molecule has 0 spiro atoms. The van der Waals surface area contributed by atoms with Crippen LogP contribution >= 0.6 is 0 Å². The van der Waals surface area contributed by atoms with Crippen molar-refractivity contribution in [3.05, 3.63) is 60.7 Å². The van der Waals surface area contributed by atoms with Crippen LogP contribution < -0.4 is 9.96 Å². The molecule has 2 aromatic rings. The summed E-state index contributed by atoms with van der Waals surface area (Å²) < 4.78 is 5.17. The summed E-state index contributed by atoms with van der Waals surface area (Å²) in [5.74, 6) is -2.50. The fraction of sp³-hybridized carbons (Fsp3) is 0.250. The summed E-state index contributed by atoms with van der Waals surface area (Å²) in [6.45, 7) is 1.86. The molecular formula is C20H18N2O5. The summed E-state index contributed by atoms with van der Waals surface area (Å²) in [4.78, 5) is 45.5. The van der Waals surface area contributed by atoms with Crippen molar-refractivity contribution in [3.8, 4) is 0 Å². The molecule has 0 bridgehead atoms. The highest BCUT2D eigenvalue weighted by atomic mass is 16.7. The molecule has 0 aliphatic carbocycles. The number of hydrogen-bond donors (Lipinski definition) is 0. The van der Waals surface area contributed by atoms with Crippen LogP contribution in [0, 0.1) is 5.92 Å². The number of fused-ring (bicyclic) bond motifs is 1. The summed E-state index contributed by atoms with van der Waals surface area (Å²) in [7, 11) is 0. The molecule has 7 heteroatoms. The minimum atomic E-state index is -1.06. The zero-order valence-electron chi connectivity index (χ0n) is 14.6. The first-order chi connectivity index (χ1) is 13.1. The van der Waals surface area contributed by atoms with Crippen molar-refractivity contribution in [1.82, 2.24) is 0 Å². The van der Waals surface area contributed by atoms with E-state index in [1.54, 1.807) is 61.5 Å². The van der Waals surface area contributed by atoms with Gasteiger partial charge in [0.25, 0.3) is 5.91 Å². The molecule has 7 nitrogen and oxygen atoms in total. The Morgan fingerprint density at radius 3 is 2.15 bits per heavy atom. The monoisotopic (exact) mass is 366 g/mol. The van der Waals surface area contributed by atoms with Crippen LogP contribution in [0.1, 0.15) is 6.92 Å². The van der Waals surface area contributed by atoms with Crippen molar-refractivity contribution in [2.45, 2.75) is 19.1 Å². The molecule has 0 saturated carbocycles. The molecule has 2 heterocycles. The largest absolute Gasteiger partial charge is 0.464 e. The Hall–Kier alpha value is -3.19. The van der Waals surface area contributed by atoms with Gasteiger partial charge in [-0.2, -0.15) is 0 Å². The number of esters is 1. The SMILES string of the molecule is CCOC(=O)[C@H]1[C@@H]2C(=O)N(c3ccccc3)C(=O)[C@@H]2ON1c1ccccc1. The van der Waals surface area contributed by atoms with E-state index in [4.69, 9.17) is 9.57 Å². The number of anilines is 2. The molecule has 0 aromatic heterocycles. The lowest BCUT2D eigenvalue weighted by Gasteiger charge is -2.26. The standard InChI is InChI=1S/C20H18N2O5/c1-2-26-20(25)16-15-17(27-22(16)14-11-7-4-8-12-14)19(24)21(18(15)23)13-9-5-3-6-10-13/h3-12,15-17H,2H2,1H3/t15-,16+,17+/m0/s1. The number of hydroxylamine groups is 1. The fourth-order valence-corrected chi connectivity index (χ4v) is 3.51. The number of imide groups is 1. The number of carbonyl (C=O) groups is 3. The van der Waals surface area contributed by atoms with E-state index in [1.807, 2.05) is 6.07 Å². The van der Waals surface area contributed by atoms with Gasteiger partial charge in [-0.25, -0.2) is 14.8 Å². The van der Waals surface area contributed by atoms with E-state index in [1.165, 1.54) is 5.06 Å². The predicted octanol–water partition coefficient (Wildman–Crippen LogP) is 1.93. The van der Waals surface area contributed by atoms with Gasteiger partial charge in [0, 0.05) is 0 Å². The maximum Gasteiger partial charge on any atom is 0.332 e. The Morgan fingerprint density at radius 2 is 1.56 bits per heavy atom. The zero-order valence-corrected chi connectivity index (χ0v) is 14.6. The van der Waals surface area contributed by atoms with Crippen molar-refractivity contribution >= 4 is 29.2 Å². The van der Waals surface area contributed by atoms with Crippen LogP contribution in [-0.4, -0.2) is 36.5 Å². The highest BCUT2D eigenvalue weighted by Gasteiger charge is 2.62. The average molecular weight is 366 g/mol. The number of para-hydroxylation sites is 2. The number of ether oxygens (including phenoxy) is 1. The summed E-state index contributed by atoms with van der Waals surface area (Å²) >= 11 is 0. The van der Waals surface area contributed by atoms with E-state index in [9.17, 15) is 14.4 Å². The molecule has 2 amide bonds. The molecule has 2 aliphatic heterocycles. The number of hydrogen-bond acceptors (Lipinski definition) is 6. The lowest BCUT2D eigenvalue weighted by atomic mass is 9.96. The van der Waals surface area contributed by atoms with E-state index < -0.39 is 35.8 Å². The average Bonchev–Trinajstić information content (AvgIpc) is 3.20. The van der Waals surface area contributed by atoms with Gasteiger partial charge >= 0.3 is 5.97 Å². The van der Waals surface area contributed by atoms with E-state index >= 15 is 0 Å². The van der Waals surface area contributed by atoms with Gasteiger partial charge in [0.2, 0.25) is 5.91 Å². The van der Waals surface area contributed by atoms with Gasteiger partial charge in [-0.3, -0.25) is 14.4 Å². The topological polar surface area (TPSA) is 76.2 Å². The molecule has 2 saturated heterocycles. The minimum absolute atomic E-state index is 0.167. The summed E-state index contributed by atoms with van der Waals surface area (Å²) in [5, 5.41) is 1.32. The van der Waals surface area contributed by atoms with Crippen LogP contribution in [0.2, 0.25) is 0 Å². The van der Waals surface area contributed by atoms with Gasteiger partial charge in [0.1, 0.15) is 5.92 Å². The van der Waals surface area contributed by atoms with Gasteiger partial charge in [-0.15, -0.1) is 0 Å². The van der Waals surface area contributed by atoms with Crippen LogP contribution in [0.3, 0.4) is 0 Å². The zero-order chi connectivity index (χ0) is 19.0. The van der Waals surface area contributed by atoms with Crippen molar-refractivity contribution in [2.24, 2.45) is 5.92 Å². The first kappa shape index (κ1) is 17.2. The molecule has 2 aliphatic rings. The maximum atomic E-state index is 13.1. The summed E-state index contributed by atoms with van der Waals surface area (Å²) in [6.07, 6.45) is -1.06.